The van der Waals surface area contributed by atoms with Crippen LogP contribution in [0.4, 0.5) is 0 Å². The van der Waals surface area contributed by atoms with Crippen molar-refractivity contribution in [3.05, 3.63) is 0 Å². The van der Waals surface area contributed by atoms with Gasteiger partial charge in [-0.05, 0) is 12.8 Å². The van der Waals surface area contributed by atoms with Gasteiger partial charge in [-0.15, -0.1) is 0 Å². The molecule has 0 saturated heterocycles. The van der Waals surface area contributed by atoms with Crippen LogP contribution in [-0.4, -0.2) is 40.6 Å². The van der Waals surface area contributed by atoms with E-state index in [1.807, 2.05) is 0 Å². The van der Waals surface area contributed by atoms with Crippen LogP contribution in [0.3, 0.4) is 0 Å². The second-order valence-electron chi connectivity index (χ2n) is 2.93. The van der Waals surface area contributed by atoms with Gasteiger partial charge in [0, 0.05) is 0 Å². The summed E-state index contributed by atoms with van der Waals surface area (Å²) in [5.74, 6) is 0. The Balaban J connectivity index is 0.00000121. The van der Waals surface area contributed by atoms with E-state index in [9.17, 15) is 4.57 Å². The molecule has 0 aliphatic heterocycles. The van der Waals surface area contributed by atoms with Crippen LogP contribution < -0.4 is 5.50 Å². The molecule has 6 heteroatoms. The summed E-state index contributed by atoms with van der Waals surface area (Å²) in [4.78, 5) is 8.68. The van der Waals surface area contributed by atoms with Crippen molar-refractivity contribution in [3.63, 3.8) is 0 Å². The Morgan fingerprint density at radius 2 is 1.83 bits per heavy atom. The molecule has 0 aromatic rings. The minimum atomic E-state index is -3.73. The van der Waals surface area contributed by atoms with E-state index in [4.69, 9.17) is 14.9 Å². The summed E-state index contributed by atoms with van der Waals surface area (Å²) in [5.41, 5.74) is 4.86. The van der Waals surface area contributed by atoms with Gasteiger partial charge in [-0.2, -0.15) is 0 Å². The molecule has 1 aliphatic carbocycles. The third-order valence-corrected chi connectivity index (χ3v) is 2.45. The molecule has 1 atom stereocenters. The second-order valence-corrected chi connectivity index (χ2v) is 4.27. The fourth-order valence-electron chi connectivity index (χ4n) is 1.38. The molecule has 1 aliphatic rings. The van der Waals surface area contributed by atoms with Gasteiger partial charge in [0.2, 0.25) is 0 Å². The van der Waals surface area contributed by atoms with Gasteiger partial charge in [-0.3, -0.25) is 4.52 Å². The molecular weight excluding hydrogens is 188 g/mol. The first kappa shape index (κ1) is 13.1. The molecule has 0 radical (unpaired) electrons. The van der Waals surface area contributed by atoms with Crippen molar-refractivity contribution in [1.82, 2.24) is 0 Å². The third kappa shape index (κ3) is 5.70. The van der Waals surface area contributed by atoms with Gasteiger partial charge in [-0.1, -0.05) is 19.3 Å². The summed E-state index contributed by atoms with van der Waals surface area (Å²) in [6, 6.07) is 0. The van der Waals surface area contributed by atoms with Crippen LogP contribution in [0.25, 0.3) is 0 Å². The molecule has 0 amide bonds. The Morgan fingerprint density at radius 1 is 1.33 bits per heavy atom. The van der Waals surface area contributed by atoms with Crippen molar-refractivity contribution in [3.8, 4) is 0 Å². The molecule has 0 aromatic carbocycles. The molecule has 3 N–H and O–H groups in total. The van der Waals surface area contributed by atoms with Crippen molar-refractivity contribution < 1.29 is 14.0 Å². The average molecular weight is 203 g/mol. The van der Waals surface area contributed by atoms with Gasteiger partial charge in [0.15, 0.2) is 0 Å². The van der Waals surface area contributed by atoms with Crippen molar-refractivity contribution >= 4 is 37.3 Å². The minimum absolute atomic E-state index is 0. The SMILES string of the molecule is NP(=O)(O)OC1CCCCC1.[NaH]. The van der Waals surface area contributed by atoms with Gasteiger partial charge in [-0.25, -0.2) is 10.1 Å². The van der Waals surface area contributed by atoms with Crippen molar-refractivity contribution in [2.24, 2.45) is 5.50 Å². The number of nitrogens with two attached hydrogens (primary N) is 1. The zero-order chi connectivity index (χ0) is 8.32. The molecule has 1 rings (SSSR count). The molecule has 0 aromatic heterocycles. The van der Waals surface area contributed by atoms with Gasteiger partial charge in [0.1, 0.15) is 0 Å². The molecule has 0 bridgehead atoms. The Kier molecular flexibility index (Phi) is 6.29. The molecule has 4 nitrogen and oxygen atoms in total. The zero-order valence-electron chi connectivity index (χ0n) is 6.40. The molecule has 1 unspecified atom stereocenters. The standard InChI is InChI=1S/C6H14NO3P.Na.H/c7-11(8,9)10-6-4-2-1-3-5-6;;/h6H,1-5H2,(H3,7,8,9);;. The first-order chi connectivity index (χ1) is 5.08. The van der Waals surface area contributed by atoms with Gasteiger partial charge >= 0.3 is 37.3 Å². The molecule has 0 heterocycles. The normalized spacial score (nSPS) is 24.2. The van der Waals surface area contributed by atoms with Crippen LogP contribution in [0, 0.1) is 0 Å². The van der Waals surface area contributed by atoms with Crippen LogP contribution in [0.15, 0.2) is 0 Å². The van der Waals surface area contributed by atoms with E-state index in [1.54, 1.807) is 0 Å². The van der Waals surface area contributed by atoms with E-state index >= 15 is 0 Å². The van der Waals surface area contributed by atoms with Crippen LogP contribution in [-0.2, 0) is 9.09 Å². The number of hydrogen-bond donors (Lipinski definition) is 2. The molecule has 68 valence electrons. The van der Waals surface area contributed by atoms with Crippen LogP contribution >= 0.6 is 7.75 Å². The molecule has 1 saturated carbocycles. The maximum atomic E-state index is 10.6. The van der Waals surface area contributed by atoms with E-state index in [-0.39, 0.29) is 35.7 Å². The fourth-order valence-corrected chi connectivity index (χ4v) is 2.02. The summed E-state index contributed by atoms with van der Waals surface area (Å²) in [6.07, 6.45) is 4.98. The zero-order valence-corrected chi connectivity index (χ0v) is 7.30. The van der Waals surface area contributed by atoms with Crippen molar-refractivity contribution in [2.45, 2.75) is 38.2 Å². The Morgan fingerprint density at radius 3 is 2.25 bits per heavy atom. The predicted octanol–water partition coefficient (Wildman–Crippen LogP) is 0.746. The summed E-state index contributed by atoms with van der Waals surface area (Å²) < 4.78 is 15.4. The van der Waals surface area contributed by atoms with E-state index in [2.05, 4.69) is 0 Å². The maximum absolute atomic E-state index is 10.6. The van der Waals surface area contributed by atoms with Crippen molar-refractivity contribution in [2.75, 3.05) is 0 Å². The summed E-state index contributed by atoms with van der Waals surface area (Å²) >= 11 is 0. The first-order valence-corrected chi connectivity index (χ1v) is 5.52. The van der Waals surface area contributed by atoms with Crippen LogP contribution in [0.5, 0.6) is 0 Å². The fraction of sp³-hybridized carbons (Fsp3) is 1.00. The van der Waals surface area contributed by atoms with Crippen LogP contribution in [0.2, 0.25) is 0 Å². The van der Waals surface area contributed by atoms with Crippen LogP contribution in [0.1, 0.15) is 32.1 Å². The second kappa shape index (κ2) is 5.76. The molecule has 12 heavy (non-hydrogen) atoms. The molecular formula is C6H15NNaO3P. The quantitative estimate of drug-likeness (QED) is 0.513. The Hall–Kier alpha value is 1.11. The van der Waals surface area contributed by atoms with E-state index < -0.39 is 7.75 Å². The Bertz CT molecular complexity index is 166. The first-order valence-electron chi connectivity index (χ1n) is 3.88. The third-order valence-electron chi connectivity index (χ3n) is 1.85. The van der Waals surface area contributed by atoms with Gasteiger partial charge in [0.25, 0.3) is 0 Å². The molecule has 1 fully saturated rings. The predicted molar refractivity (Wildman–Crippen MR) is 49.1 cm³/mol. The summed E-state index contributed by atoms with van der Waals surface area (Å²) in [5, 5.41) is 0. The molecule has 0 spiro atoms. The monoisotopic (exact) mass is 203 g/mol. The summed E-state index contributed by atoms with van der Waals surface area (Å²) in [7, 11) is -3.73. The van der Waals surface area contributed by atoms with E-state index in [0.29, 0.717) is 0 Å². The summed E-state index contributed by atoms with van der Waals surface area (Å²) in [6.45, 7) is 0. The topological polar surface area (TPSA) is 72.6 Å². The van der Waals surface area contributed by atoms with Crippen molar-refractivity contribution in [1.29, 1.82) is 0 Å². The van der Waals surface area contributed by atoms with Gasteiger partial charge < -0.3 is 4.89 Å². The number of rotatable bonds is 2. The van der Waals surface area contributed by atoms with Gasteiger partial charge in [0.05, 0.1) is 6.10 Å². The average Bonchev–Trinajstić information content (AvgIpc) is 1.85. The number of hydrogen-bond acceptors (Lipinski definition) is 2. The van der Waals surface area contributed by atoms with E-state index in [0.717, 1.165) is 25.7 Å². The van der Waals surface area contributed by atoms with E-state index in [1.165, 1.54) is 6.42 Å². The Labute approximate surface area is 94.7 Å².